The number of fused-ring (bicyclic) bond motifs is 1. The molecule has 1 atom stereocenters. The highest BCUT2D eigenvalue weighted by molar-refractivity contribution is 6.04. The molecule has 29 heavy (non-hydrogen) atoms. The Balaban J connectivity index is 1.86. The Labute approximate surface area is 168 Å². The van der Waals surface area contributed by atoms with Crippen LogP contribution >= 0.6 is 0 Å². The zero-order chi connectivity index (χ0) is 21.3. The molecule has 1 amide bonds. The molecule has 0 aliphatic rings. The minimum absolute atomic E-state index is 0.0851. The number of pyridine rings is 1. The SMILES string of the molecule is Cc1cc(NC(=O)[C@H](C)OC(=O)c2cc(C(C)C)nc3c2cnn3C(C)C)no1. The first kappa shape index (κ1) is 20.5. The standard InChI is InChI=1S/C20H25N5O4/c1-10(2)16-8-14(15-9-21-25(11(3)4)18(15)22-16)20(27)28-13(6)19(26)23-17-7-12(5)29-24-17/h7-11,13H,1-6H3,(H,23,24,26)/t13-/m0/s1. The number of hydrogen-bond acceptors (Lipinski definition) is 7. The molecule has 3 heterocycles. The molecule has 3 aromatic heterocycles. The normalized spacial score (nSPS) is 12.6. The van der Waals surface area contributed by atoms with Gasteiger partial charge in [-0.25, -0.2) is 14.5 Å². The van der Waals surface area contributed by atoms with Crippen molar-refractivity contribution in [1.82, 2.24) is 19.9 Å². The lowest BCUT2D eigenvalue weighted by atomic mass is 10.1. The molecule has 0 unspecified atom stereocenters. The lowest BCUT2D eigenvalue weighted by molar-refractivity contribution is -0.123. The molecule has 9 nitrogen and oxygen atoms in total. The Morgan fingerprint density at radius 1 is 1.17 bits per heavy atom. The number of rotatable bonds is 6. The van der Waals surface area contributed by atoms with Crippen LogP contribution in [0.3, 0.4) is 0 Å². The molecule has 0 aromatic carbocycles. The smallest absolute Gasteiger partial charge is 0.339 e. The summed E-state index contributed by atoms with van der Waals surface area (Å²) in [5, 5.41) is 11.2. The summed E-state index contributed by atoms with van der Waals surface area (Å²) in [5.41, 5.74) is 1.71. The Hall–Kier alpha value is -3.23. The van der Waals surface area contributed by atoms with Crippen LogP contribution in [0.15, 0.2) is 22.9 Å². The number of hydrogen-bond donors (Lipinski definition) is 1. The molecule has 154 valence electrons. The maximum atomic E-state index is 12.9. The zero-order valence-electron chi connectivity index (χ0n) is 17.4. The van der Waals surface area contributed by atoms with Gasteiger partial charge in [-0.2, -0.15) is 5.10 Å². The average molecular weight is 399 g/mol. The van der Waals surface area contributed by atoms with Crippen LogP contribution in [0.5, 0.6) is 0 Å². The van der Waals surface area contributed by atoms with Crippen molar-refractivity contribution in [3.8, 4) is 0 Å². The highest BCUT2D eigenvalue weighted by Gasteiger charge is 2.24. The van der Waals surface area contributed by atoms with Crippen LogP contribution in [0, 0.1) is 6.92 Å². The molecule has 0 fully saturated rings. The van der Waals surface area contributed by atoms with Crippen molar-refractivity contribution >= 4 is 28.7 Å². The highest BCUT2D eigenvalue weighted by atomic mass is 16.5. The summed E-state index contributed by atoms with van der Waals surface area (Å²) in [6.45, 7) is 11.2. The number of carbonyl (C=O) groups excluding carboxylic acids is 2. The van der Waals surface area contributed by atoms with Gasteiger partial charge in [0.15, 0.2) is 17.6 Å². The second-order valence-electron chi connectivity index (χ2n) is 7.53. The number of aryl methyl sites for hydroxylation is 1. The largest absolute Gasteiger partial charge is 0.449 e. The Bertz CT molecular complexity index is 1050. The van der Waals surface area contributed by atoms with E-state index in [-0.39, 0.29) is 17.8 Å². The van der Waals surface area contributed by atoms with E-state index in [1.165, 1.54) is 6.92 Å². The Morgan fingerprint density at radius 2 is 1.90 bits per heavy atom. The van der Waals surface area contributed by atoms with Gasteiger partial charge in [-0.3, -0.25) is 4.79 Å². The van der Waals surface area contributed by atoms with Gasteiger partial charge in [0, 0.05) is 17.8 Å². The van der Waals surface area contributed by atoms with Gasteiger partial charge in [-0.05, 0) is 39.7 Å². The lowest BCUT2D eigenvalue weighted by Crippen LogP contribution is -2.30. The number of aromatic nitrogens is 4. The molecule has 0 radical (unpaired) electrons. The first-order chi connectivity index (χ1) is 13.7. The molecule has 3 rings (SSSR count). The summed E-state index contributed by atoms with van der Waals surface area (Å²) < 4.78 is 12.1. The third-order valence-corrected chi connectivity index (χ3v) is 4.42. The van der Waals surface area contributed by atoms with E-state index in [4.69, 9.17) is 9.26 Å². The monoisotopic (exact) mass is 399 g/mol. The molecule has 9 heteroatoms. The highest BCUT2D eigenvalue weighted by Crippen LogP contribution is 2.25. The fraction of sp³-hybridized carbons (Fsp3) is 0.450. The van der Waals surface area contributed by atoms with Gasteiger partial charge in [0.1, 0.15) is 5.76 Å². The van der Waals surface area contributed by atoms with Crippen molar-refractivity contribution in [2.24, 2.45) is 0 Å². The van der Waals surface area contributed by atoms with Crippen molar-refractivity contribution in [3.63, 3.8) is 0 Å². The van der Waals surface area contributed by atoms with Crippen LogP contribution in [0.25, 0.3) is 11.0 Å². The van der Waals surface area contributed by atoms with Crippen LogP contribution in [0.4, 0.5) is 5.82 Å². The second kappa shape index (κ2) is 8.02. The van der Waals surface area contributed by atoms with Crippen LogP contribution < -0.4 is 5.32 Å². The van der Waals surface area contributed by atoms with Gasteiger partial charge < -0.3 is 14.6 Å². The molecule has 0 aliphatic carbocycles. The number of nitrogens with zero attached hydrogens (tertiary/aromatic N) is 4. The van der Waals surface area contributed by atoms with E-state index >= 15 is 0 Å². The van der Waals surface area contributed by atoms with Gasteiger partial charge in [-0.15, -0.1) is 0 Å². The first-order valence-corrected chi connectivity index (χ1v) is 9.50. The van der Waals surface area contributed by atoms with Gasteiger partial charge in [0.2, 0.25) is 0 Å². The Kier molecular flexibility index (Phi) is 5.67. The summed E-state index contributed by atoms with van der Waals surface area (Å²) >= 11 is 0. The number of esters is 1. The average Bonchev–Trinajstić information content (AvgIpc) is 3.26. The van der Waals surface area contributed by atoms with E-state index in [0.717, 1.165) is 5.69 Å². The maximum absolute atomic E-state index is 12.9. The number of ether oxygens (including phenoxy) is 1. The van der Waals surface area contributed by atoms with E-state index in [1.807, 2.05) is 27.7 Å². The molecular formula is C20H25N5O4. The topological polar surface area (TPSA) is 112 Å². The van der Waals surface area contributed by atoms with Crippen molar-refractivity contribution in [2.45, 2.75) is 59.6 Å². The Morgan fingerprint density at radius 3 is 2.48 bits per heavy atom. The quantitative estimate of drug-likeness (QED) is 0.630. The zero-order valence-corrected chi connectivity index (χ0v) is 17.4. The van der Waals surface area contributed by atoms with Crippen molar-refractivity contribution in [3.05, 3.63) is 35.3 Å². The lowest BCUT2D eigenvalue weighted by Gasteiger charge is -2.14. The molecular weight excluding hydrogens is 374 g/mol. The van der Waals surface area contributed by atoms with E-state index in [0.29, 0.717) is 22.4 Å². The second-order valence-corrected chi connectivity index (χ2v) is 7.53. The molecule has 3 aromatic rings. The van der Waals surface area contributed by atoms with Gasteiger partial charge in [0.05, 0.1) is 17.1 Å². The fourth-order valence-electron chi connectivity index (χ4n) is 2.81. The predicted molar refractivity (Wildman–Crippen MR) is 107 cm³/mol. The van der Waals surface area contributed by atoms with Crippen molar-refractivity contribution in [1.29, 1.82) is 0 Å². The minimum Gasteiger partial charge on any atom is -0.449 e. The minimum atomic E-state index is -1.02. The summed E-state index contributed by atoms with van der Waals surface area (Å²) in [5.74, 6) is -0.174. The number of nitrogens with one attached hydrogen (secondary N) is 1. The molecule has 0 spiro atoms. The van der Waals surface area contributed by atoms with E-state index in [1.54, 1.807) is 29.9 Å². The summed E-state index contributed by atoms with van der Waals surface area (Å²) in [7, 11) is 0. The van der Waals surface area contributed by atoms with Crippen molar-refractivity contribution < 1.29 is 18.8 Å². The van der Waals surface area contributed by atoms with E-state index in [2.05, 4.69) is 20.6 Å². The predicted octanol–water partition coefficient (Wildman–Crippen LogP) is 3.62. The fourth-order valence-corrected chi connectivity index (χ4v) is 2.81. The summed E-state index contributed by atoms with van der Waals surface area (Å²) in [6, 6.07) is 3.36. The number of amides is 1. The summed E-state index contributed by atoms with van der Waals surface area (Å²) in [6.07, 6.45) is 0.580. The van der Waals surface area contributed by atoms with Gasteiger partial charge in [0.25, 0.3) is 5.91 Å². The number of anilines is 1. The van der Waals surface area contributed by atoms with Crippen LogP contribution in [0.2, 0.25) is 0 Å². The molecule has 0 saturated carbocycles. The third-order valence-electron chi connectivity index (χ3n) is 4.42. The van der Waals surface area contributed by atoms with Crippen LogP contribution in [0.1, 0.15) is 68.4 Å². The molecule has 1 N–H and O–H groups in total. The van der Waals surface area contributed by atoms with Crippen molar-refractivity contribution in [2.75, 3.05) is 5.32 Å². The van der Waals surface area contributed by atoms with E-state index in [9.17, 15) is 9.59 Å². The molecule has 0 aliphatic heterocycles. The number of carbonyl (C=O) groups is 2. The van der Waals surface area contributed by atoms with Crippen LogP contribution in [-0.2, 0) is 9.53 Å². The summed E-state index contributed by atoms with van der Waals surface area (Å²) in [4.78, 5) is 29.9. The maximum Gasteiger partial charge on any atom is 0.339 e. The third kappa shape index (κ3) is 4.28. The van der Waals surface area contributed by atoms with E-state index < -0.39 is 18.0 Å². The first-order valence-electron chi connectivity index (χ1n) is 9.50. The van der Waals surface area contributed by atoms with Gasteiger partial charge >= 0.3 is 5.97 Å². The van der Waals surface area contributed by atoms with Crippen LogP contribution in [-0.4, -0.2) is 37.9 Å². The molecule has 0 bridgehead atoms. The molecule has 0 saturated heterocycles. The van der Waals surface area contributed by atoms with Gasteiger partial charge in [-0.1, -0.05) is 19.0 Å².